The van der Waals surface area contributed by atoms with E-state index in [1.54, 1.807) is 23.0 Å². The fourth-order valence-corrected chi connectivity index (χ4v) is 3.30. The van der Waals surface area contributed by atoms with Crippen molar-refractivity contribution in [3.05, 3.63) is 47.1 Å². The van der Waals surface area contributed by atoms with Crippen LogP contribution in [0, 0.1) is 0 Å². The van der Waals surface area contributed by atoms with Gasteiger partial charge in [-0.1, -0.05) is 17.7 Å². The standard InChI is InChI=1S/C18H18ClN5O2.CH2O2/c1-23-14-4-2-3-13(19)16(14)17(22-23)21-18(25)12-5-6-15(20-11-12)24-7-9-26-10-8-24;2-1-3/h2-6,11H,7-10H2,1H3,(H,21,22,25);1H,(H,2,3). The number of pyridine rings is 1. The Morgan fingerprint density at radius 3 is 2.66 bits per heavy atom. The van der Waals surface area contributed by atoms with Gasteiger partial charge in [-0.2, -0.15) is 5.10 Å². The third kappa shape index (κ3) is 4.64. The molecule has 3 aromatic rings. The molecule has 0 spiro atoms. The molecular formula is C19H20ClN5O4. The van der Waals surface area contributed by atoms with Crippen LogP contribution < -0.4 is 10.2 Å². The van der Waals surface area contributed by atoms with Crippen LogP contribution in [-0.2, 0) is 16.6 Å². The van der Waals surface area contributed by atoms with Crippen LogP contribution in [-0.4, -0.2) is 58.6 Å². The molecule has 2 N–H and O–H groups in total. The molecule has 1 saturated heterocycles. The zero-order valence-corrected chi connectivity index (χ0v) is 16.5. The van der Waals surface area contributed by atoms with Crippen molar-refractivity contribution in [2.45, 2.75) is 0 Å². The zero-order chi connectivity index (χ0) is 20.8. The maximum Gasteiger partial charge on any atom is 0.290 e. The van der Waals surface area contributed by atoms with Gasteiger partial charge in [0.2, 0.25) is 0 Å². The molecule has 1 aliphatic rings. The lowest BCUT2D eigenvalue weighted by Gasteiger charge is -2.27. The second kappa shape index (κ2) is 9.35. The Morgan fingerprint density at radius 1 is 1.28 bits per heavy atom. The van der Waals surface area contributed by atoms with E-state index in [0.29, 0.717) is 29.6 Å². The monoisotopic (exact) mass is 417 g/mol. The van der Waals surface area contributed by atoms with Crippen LogP contribution in [0.25, 0.3) is 10.9 Å². The van der Waals surface area contributed by atoms with Crippen LogP contribution in [0.15, 0.2) is 36.5 Å². The van der Waals surface area contributed by atoms with E-state index >= 15 is 0 Å². The van der Waals surface area contributed by atoms with Crippen LogP contribution >= 0.6 is 11.6 Å². The van der Waals surface area contributed by atoms with Gasteiger partial charge in [0.05, 0.1) is 34.7 Å². The highest BCUT2D eigenvalue weighted by molar-refractivity contribution is 6.36. The molecular weight excluding hydrogens is 398 g/mol. The molecule has 0 bridgehead atoms. The van der Waals surface area contributed by atoms with Gasteiger partial charge in [-0.05, 0) is 24.3 Å². The lowest BCUT2D eigenvalue weighted by atomic mass is 10.2. The number of nitrogens with one attached hydrogen (secondary N) is 1. The number of morpholine rings is 1. The van der Waals surface area contributed by atoms with E-state index < -0.39 is 0 Å². The summed E-state index contributed by atoms with van der Waals surface area (Å²) >= 11 is 6.28. The topological polar surface area (TPSA) is 110 Å². The van der Waals surface area contributed by atoms with Crippen molar-refractivity contribution in [3.63, 3.8) is 0 Å². The number of carbonyl (C=O) groups excluding carboxylic acids is 1. The van der Waals surface area contributed by atoms with E-state index in [1.807, 2.05) is 25.2 Å². The first-order valence-electron chi connectivity index (χ1n) is 8.84. The van der Waals surface area contributed by atoms with Crippen molar-refractivity contribution in [1.82, 2.24) is 14.8 Å². The van der Waals surface area contributed by atoms with Gasteiger partial charge in [0.1, 0.15) is 5.82 Å². The third-order valence-corrected chi connectivity index (χ3v) is 4.72. The van der Waals surface area contributed by atoms with Crippen molar-refractivity contribution >= 4 is 46.5 Å². The predicted molar refractivity (Wildman–Crippen MR) is 110 cm³/mol. The number of aryl methyl sites for hydroxylation is 1. The van der Waals surface area contributed by atoms with Gasteiger partial charge in [-0.25, -0.2) is 4.98 Å². The fourth-order valence-electron chi connectivity index (χ4n) is 3.04. The molecule has 0 saturated carbocycles. The molecule has 0 unspecified atom stereocenters. The van der Waals surface area contributed by atoms with Crippen molar-refractivity contribution in [2.24, 2.45) is 7.05 Å². The van der Waals surface area contributed by atoms with E-state index in [4.69, 9.17) is 26.2 Å². The van der Waals surface area contributed by atoms with Crippen molar-refractivity contribution in [2.75, 3.05) is 36.5 Å². The highest BCUT2D eigenvalue weighted by Gasteiger charge is 2.17. The first kappa shape index (κ1) is 20.6. The summed E-state index contributed by atoms with van der Waals surface area (Å²) in [6, 6.07) is 9.15. The number of hydrogen-bond acceptors (Lipinski definition) is 6. The first-order valence-corrected chi connectivity index (χ1v) is 9.22. The van der Waals surface area contributed by atoms with Gasteiger partial charge in [0, 0.05) is 26.3 Å². The summed E-state index contributed by atoms with van der Waals surface area (Å²) in [5.41, 5.74) is 1.32. The Kier molecular flexibility index (Phi) is 6.63. The summed E-state index contributed by atoms with van der Waals surface area (Å²) < 4.78 is 7.03. The van der Waals surface area contributed by atoms with Crippen LogP contribution in [0.5, 0.6) is 0 Å². The Hall–Kier alpha value is -3.17. The lowest BCUT2D eigenvalue weighted by Crippen LogP contribution is -2.36. The molecule has 1 aromatic carbocycles. The van der Waals surface area contributed by atoms with Gasteiger partial charge >= 0.3 is 0 Å². The van der Waals surface area contributed by atoms with Crippen LogP contribution in [0.2, 0.25) is 5.02 Å². The number of hydrogen-bond donors (Lipinski definition) is 2. The maximum atomic E-state index is 12.6. The van der Waals surface area contributed by atoms with Crippen LogP contribution in [0.4, 0.5) is 11.6 Å². The quantitative estimate of drug-likeness (QED) is 0.629. The van der Waals surface area contributed by atoms with Gasteiger partial charge in [0.15, 0.2) is 5.82 Å². The Labute approximate surface area is 171 Å². The highest BCUT2D eigenvalue weighted by Crippen LogP contribution is 2.29. The van der Waals surface area contributed by atoms with Crippen molar-refractivity contribution in [1.29, 1.82) is 0 Å². The maximum absolute atomic E-state index is 12.6. The average Bonchev–Trinajstić information content (AvgIpc) is 3.06. The molecule has 29 heavy (non-hydrogen) atoms. The zero-order valence-electron chi connectivity index (χ0n) is 15.7. The van der Waals surface area contributed by atoms with Gasteiger partial charge in [0.25, 0.3) is 12.4 Å². The molecule has 2 aromatic heterocycles. The molecule has 152 valence electrons. The minimum absolute atomic E-state index is 0.250. The summed E-state index contributed by atoms with van der Waals surface area (Å²) in [6.45, 7) is 2.74. The second-order valence-corrected chi connectivity index (χ2v) is 6.58. The Bertz CT molecular complexity index is 1000. The van der Waals surface area contributed by atoms with E-state index in [0.717, 1.165) is 29.8 Å². The van der Waals surface area contributed by atoms with E-state index in [2.05, 4.69) is 20.3 Å². The second-order valence-electron chi connectivity index (χ2n) is 6.17. The molecule has 1 fully saturated rings. The van der Waals surface area contributed by atoms with Gasteiger partial charge in [-0.3, -0.25) is 14.3 Å². The molecule has 0 atom stereocenters. The number of carboxylic acid groups (broad SMARTS) is 1. The molecule has 0 radical (unpaired) electrons. The number of nitrogens with zero attached hydrogens (tertiary/aromatic N) is 4. The number of ether oxygens (including phenoxy) is 1. The first-order chi connectivity index (χ1) is 14.0. The van der Waals surface area contributed by atoms with Crippen LogP contribution in [0.3, 0.4) is 0 Å². The Balaban J connectivity index is 0.000000755. The third-order valence-electron chi connectivity index (χ3n) is 4.40. The number of amides is 1. The van der Waals surface area contributed by atoms with Crippen molar-refractivity contribution in [3.8, 4) is 0 Å². The van der Waals surface area contributed by atoms with E-state index in [1.165, 1.54) is 0 Å². The number of benzene rings is 1. The smallest absolute Gasteiger partial charge is 0.290 e. The Morgan fingerprint density at radius 2 is 2.00 bits per heavy atom. The number of fused-ring (bicyclic) bond motifs is 1. The predicted octanol–water partition coefficient (Wildman–Crippen LogP) is 2.41. The molecule has 1 amide bonds. The molecule has 9 nitrogen and oxygen atoms in total. The fraction of sp³-hybridized carbons (Fsp3) is 0.263. The molecule has 4 rings (SSSR count). The number of rotatable bonds is 3. The van der Waals surface area contributed by atoms with E-state index in [9.17, 15) is 4.79 Å². The lowest BCUT2D eigenvalue weighted by molar-refractivity contribution is -0.122. The van der Waals surface area contributed by atoms with Crippen LogP contribution in [0.1, 0.15) is 10.4 Å². The highest BCUT2D eigenvalue weighted by atomic mass is 35.5. The minimum atomic E-state index is -0.272. The SMILES string of the molecule is Cn1nc(NC(=O)c2ccc(N3CCOCC3)nc2)c2c(Cl)cccc21.O=CO. The van der Waals surface area contributed by atoms with Gasteiger partial charge < -0.3 is 20.1 Å². The largest absolute Gasteiger partial charge is 0.483 e. The van der Waals surface area contributed by atoms with Crippen molar-refractivity contribution < 1.29 is 19.4 Å². The molecule has 1 aliphatic heterocycles. The summed E-state index contributed by atoms with van der Waals surface area (Å²) in [5.74, 6) is 1.01. The minimum Gasteiger partial charge on any atom is -0.483 e. The summed E-state index contributed by atoms with van der Waals surface area (Å²) in [5, 5.41) is 15.4. The average molecular weight is 418 g/mol. The summed E-state index contributed by atoms with van der Waals surface area (Å²) in [7, 11) is 1.81. The number of anilines is 2. The number of aromatic nitrogens is 3. The molecule has 3 heterocycles. The van der Waals surface area contributed by atoms with E-state index in [-0.39, 0.29) is 12.4 Å². The summed E-state index contributed by atoms with van der Waals surface area (Å²) in [6.07, 6.45) is 1.58. The summed E-state index contributed by atoms with van der Waals surface area (Å²) in [4.78, 5) is 27.5. The van der Waals surface area contributed by atoms with Gasteiger partial charge in [-0.15, -0.1) is 0 Å². The molecule has 0 aliphatic carbocycles. The normalized spacial score (nSPS) is 13.5. The molecule has 10 heteroatoms. The number of halogens is 1. The number of carbonyl (C=O) groups is 2.